The zero-order valence-electron chi connectivity index (χ0n) is 25.2. The number of sulfonamides is 1. The van der Waals surface area contributed by atoms with E-state index in [2.05, 4.69) is 5.32 Å². The maximum absolute atomic E-state index is 14.4. The Labute approximate surface area is 255 Å². The van der Waals surface area contributed by atoms with Gasteiger partial charge in [-0.2, -0.15) is 0 Å². The van der Waals surface area contributed by atoms with Crippen LogP contribution in [0, 0.1) is 20.8 Å². The number of aryl methyl sites for hydroxylation is 3. The number of hydrogen-bond acceptors (Lipinski definition) is 4. The highest BCUT2D eigenvalue weighted by atomic mass is 32.2. The fourth-order valence-electron chi connectivity index (χ4n) is 4.98. The van der Waals surface area contributed by atoms with Gasteiger partial charge in [0.15, 0.2) is 0 Å². The Hall–Kier alpha value is -4.43. The molecule has 4 aromatic rings. The molecule has 224 valence electrons. The van der Waals surface area contributed by atoms with Gasteiger partial charge in [-0.15, -0.1) is 0 Å². The molecule has 1 atom stereocenters. The molecular weight excluding hydrogens is 558 g/mol. The van der Waals surface area contributed by atoms with E-state index in [9.17, 15) is 18.0 Å². The molecule has 0 aromatic heterocycles. The molecule has 4 aromatic carbocycles. The number of nitrogens with zero attached hydrogens (tertiary/aromatic N) is 2. The Morgan fingerprint density at radius 2 is 1.42 bits per heavy atom. The van der Waals surface area contributed by atoms with Gasteiger partial charge < -0.3 is 10.2 Å². The molecule has 0 unspecified atom stereocenters. The molecule has 0 radical (unpaired) electrons. The summed E-state index contributed by atoms with van der Waals surface area (Å²) in [4.78, 5) is 29.6. The zero-order chi connectivity index (χ0) is 31.0. The summed E-state index contributed by atoms with van der Waals surface area (Å²) in [7, 11) is -4.12. The topological polar surface area (TPSA) is 86.8 Å². The van der Waals surface area contributed by atoms with Crippen molar-refractivity contribution in [1.82, 2.24) is 10.2 Å². The molecule has 43 heavy (non-hydrogen) atoms. The van der Waals surface area contributed by atoms with E-state index in [1.54, 1.807) is 30.3 Å². The summed E-state index contributed by atoms with van der Waals surface area (Å²) in [5, 5.41) is 2.89. The minimum atomic E-state index is -4.12. The summed E-state index contributed by atoms with van der Waals surface area (Å²) in [5.41, 5.74) is 5.05. The van der Waals surface area contributed by atoms with E-state index in [4.69, 9.17) is 0 Å². The maximum atomic E-state index is 14.4. The fraction of sp³-hybridized carbons (Fsp3) is 0.257. The lowest BCUT2D eigenvalue weighted by atomic mass is 10.0. The van der Waals surface area contributed by atoms with Crippen LogP contribution in [0.15, 0.2) is 108 Å². The van der Waals surface area contributed by atoms with Crippen molar-refractivity contribution in [3.63, 3.8) is 0 Å². The van der Waals surface area contributed by atoms with Crippen molar-refractivity contribution in [2.75, 3.05) is 17.4 Å². The van der Waals surface area contributed by atoms with E-state index in [1.807, 2.05) is 88.4 Å². The van der Waals surface area contributed by atoms with Crippen molar-refractivity contribution in [3.8, 4) is 0 Å². The summed E-state index contributed by atoms with van der Waals surface area (Å²) < 4.78 is 29.3. The van der Waals surface area contributed by atoms with Crippen molar-refractivity contribution >= 4 is 27.5 Å². The smallest absolute Gasteiger partial charge is 0.264 e. The number of anilines is 1. The van der Waals surface area contributed by atoms with Crippen LogP contribution in [0.4, 0.5) is 5.69 Å². The SMILES string of the molecule is CCNC(=O)[C@@H](Cc1ccccc1)N(Cc1cccc(C)c1)C(=O)CN(c1ccc(C)c(C)c1)S(=O)(=O)c1ccccc1. The molecule has 0 heterocycles. The Kier molecular flexibility index (Phi) is 10.4. The van der Waals surface area contributed by atoms with Crippen LogP contribution in [0.5, 0.6) is 0 Å². The number of hydrogen-bond donors (Lipinski definition) is 1. The number of amides is 2. The van der Waals surface area contributed by atoms with Crippen LogP contribution in [0.2, 0.25) is 0 Å². The molecule has 0 fully saturated rings. The number of carbonyl (C=O) groups excluding carboxylic acids is 2. The molecular formula is C35H39N3O4S. The van der Waals surface area contributed by atoms with Crippen LogP contribution >= 0.6 is 0 Å². The predicted molar refractivity (Wildman–Crippen MR) is 171 cm³/mol. The average molecular weight is 598 g/mol. The highest BCUT2D eigenvalue weighted by Gasteiger charge is 2.34. The third-order valence-electron chi connectivity index (χ3n) is 7.45. The van der Waals surface area contributed by atoms with E-state index in [0.717, 1.165) is 32.1 Å². The second-order valence-electron chi connectivity index (χ2n) is 10.7. The summed E-state index contributed by atoms with van der Waals surface area (Å²) >= 11 is 0. The van der Waals surface area contributed by atoms with Crippen LogP contribution in [0.25, 0.3) is 0 Å². The highest BCUT2D eigenvalue weighted by Crippen LogP contribution is 2.27. The summed E-state index contributed by atoms with van der Waals surface area (Å²) in [6.07, 6.45) is 0.277. The quantitative estimate of drug-likeness (QED) is 0.231. The normalized spacial score (nSPS) is 11.9. The van der Waals surface area contributed by atoms with Gasteiger partial charge in [0.25, 0.3) is 10.0 Å². The van der Waals surface area contributed by atoms with Gasteiger partial charge in [0.05, 0.1) is 10.6 Å². The van der Waals surface area contributed by atoms with E-state index in [1.165, 1.54) is 17.0 Å². The summed E-state index contributed by atoms with van der Waals surface area (Å²) in [6, 6.07) is 29.8. The third kappa shape index (κ3) is 7.90. The van der Waals surface area contributed by atoms with Gasteiger partial charge in [0.2, 0.25) is 11.8 Å². The lowest BCUT2D eigenvalue weighted by Gasteiger charge is -2.34. The Bertz CT molecular complexity index is 1660. The van der Waals surface area contributed by atoms with Crippen LogP contribution in [0.1, 0.15) is 34.7 Å². The number of benzene rings is 4. The van der Waals surface area contributed by atoms with Gasteiger partial charge >= 0.3 is 0 Å². The third-order valence-corrected chi connectivity index (χ3v) is 9.23. The maximum Gasteiger partial charge on any atom is 0.264 e. The van der Waals surface area contributed by atoms with E-state index in [0.29, 0.717) is 12.2 Å². The van der Waals surface area contributed by atoms with Crippen LogP contribution < -0.4 is 9.62 Å². The van der Waals surface area contributed by atoms with Crippen molar-refractivity contribution in [2.45, 2.75) is 51.6 Å². The van der Waals surface area contributed by atoms with Gasteiger partial charge in [0, 0.05) is 19.5 Å². The van der Waals surface area contributed by atoms with Crippen molar-refractivity contribution < 1.29 is 18.0 Å². The monoisotopic (exact) mass is 597 g/mol. The second-order valence-corrected chi connectivity index (χ2v) is 12.6. The van der Waals surface area contributed by atoms with E-state index >= 15 is 0 Å². The molecule has 0 aliphatic heterocycles. The Morgan fingerprint density at radius 3 is 2.05 bits per heavy atom. The number of rotatable bonds is 12. The highest BCUT2D eigenvalue weighted by molar-refractivity contribution is 7.92. The van der Waals surface area contributed by atoms with Crippen LogP contribution in [-0.2, 0) is 32.6 Å². The van der Waals surface area contributed by atoms with Crippen molar-refractivity contribution in [2.24, 2.45) is 0 Å². The van der Waals surface area contributed by atoms with Crippen LogP contribution in [0.3, 0.4) is 0 Å². The molecule has 2 amide bonds. The second kappa shape index (κ2) is 14.2. The summed E-state index contributed by atoms with van der Waals surface area (Å²) in [5.74, 6) is -0.776. The number of nitrogens with one attached hydrogen (secondary N) is 1. The molecule has 0 bridgehead atoms. The fourth-order valence-corrected chi connectivity index (χ4v) is 6.41. The first-order valence-electron chi connectivity index (χ1n) is 14.4. The zero-order valence-corrected chi connectivity index (χ0v) is 26.0. The molecule has 1 N–H and O–H groups in total. The van der Waals surface area contributed by atoms with Gasteiger partial charge in [-0.05, 0) is 74.2 Å². The minimum Gasteiger partial charge on any atom is -0.355 e. The molecule has 0 saturated heterocycles. The Morgan fingerprint density at radius 1 is 0.767 bits per heavy atom. The molecule has 0 aliphatic carbocycles. The largest absolute Gasteiger partial charge is 0.355 e. The van der Waals surface area contributed by atoms with Gasteiger partial charge in [-0.1, -0.05) is 84.4 Å². The van der Waals surface area contributed by atoms with Crippen molar-refractivity contribution in [1.29, 1.82) is 0 Å². The first kappa shape index (κ1) is 31.5. The molecule has 7 nitrogen and oxygen atoms in total. The lowest BCUT2D eigenvalue weighted by molar-refractivity contribution is -0.140. The number of carbonyl (C=O) groups is 2. The Balaban J connectivity index is 1.81. The molecule has 0 spiro atoms. The summed E-state index contributed by atoms with van der Waals surface area (Å²) in [6.45, 7) is 7.71. The lowest BCUT2D eigenvalue weighted by Crippen LogP contribution is -2.53. The van der Waals surface area contributed by atoms with E-state index in [-0.39, 0.29) is 23.8 Å². The van der Waals surface area contributed by atoms with Gasteiger partial charge in [-0.3, -0.25) is 13.9 Å². The molecule has 0 saturated carbocycles. The predicted octanol–water partition coefficient (Wildman–Crippen LogP) is 5.58. The molecule has 0 aliphatic rings. The first-order valence-corrected chi connectivity index (χ1v) is 15.9. The average Bonchev–Trinajstić information content (AvgIpc) is 3.00. The minimum absolute atomic E-state index is 0.0795. The number of likely N-dealkylation sites (N-methyl/N-ethyl adjacent to an activating group) is 1. The standard InChI is InChI=1S/C35H39N3O4S/c1-5-36-35(40)33(23-29-14-8-6-9-15-29)37(24-30-16-12-13-26(2)21-30)34(39)25-38(31-20-19-27(3)28(4)22-31)43(41,42)32-17-10-7-11-18-32/h6-22,33H,5,23-25H2,1-4H3,(H,36,40)/t33-/m1/s1. The van der Waals surface area contributed by atoms with Crippen LogP contribution in [-0.4, -0.2) is 44.3 Å². The van der Waals surface area contributed by atoms with Gasteiger partial charge in [0.1, 0.15) is 12.6 Å². The van der Waals surface area contributed by atoms with E-state index < -0.39 is 28.5 Å². The first-order chi connectivity index (χ1) is 20.6. The van der Waals surface area contributed by atoms with Gasteiger partial charge in [-0.25, -0.2) is 8.42 Å². The van der Waals surface area contributed by atoms with Crippen molar-refractivity contribution in [3.05, 3.63) is 131 Å². The molecule has 4 rings (SSSR count). The molecule has 8 heteroatoms.